The van der Waals surface area contributed by atoms with Crippen LogP contribution < -0.4 is 15.0 Å². The number of nitrogens with one attached hydrogen (secondary N) is 1. The number of hydrogen-bond donors (Lipinski definition) is 1. The van der Waals surface area contributed by atoms with Gasteiger partial charge in [-0.05, 0) is 88.8 Å². The molecule has 1 saturated heterocycles. The van der Waals surface area contributed by atoms with Crippen LogP contribution in [0.4, 0.5) is 26.1 Å². The number of aromatic nitrogens is 2. The molecule has 196 valence electrons. The van der Waals surface area contributed by atoms with Crippen LogP contribution in [0.5, 0.6) is 5.75 Å². The summed E-state index contributed by atoms with van der Waals surface area (Å²) in [5.41, 5.74) is 3.19. The van der Waals surface area contributed by atoms with Crippen molar-refractivity contribution in [2.24, 2.45) is 0 Å². The summed E-state index contributed by atoms with van der Waals surface area (Å²) in [6.45, 7) is 7.33. The average molecular weight is 526 g/mol. The SMILES string of the molecule is CSc1cc(Nc2ncc(F)c(-c3cc(F)c4c(c3)N(C(C)C)CCO4)n2)ccc1C1CCN(C)CC1. The van der Waals surface area contributed by atoms with Gasteiger partial charge in [-0.25, -0.2) is 18.7 Å². The maximum absolute atomic E-state index is 15.0. The van der Waals surface area contributed by atoms with Gasteiger partial charge in [0.05, 0.1) is 18.4 Å². The van der Waals surface area contributed by atoms with Crippen LogP contribution in [-0.2, 0) is 0 Å². The molecule has 0 unspecified atom stereocenters. The average Bonchev–Trinajstić information content (AvgIpc) is 2.90. The lowest BCUT2D eigenvalue weighted by Gasteiger charge is -2.34. The summed E-state index contributed by atoms with van der Waals surface area (Å²) in [7, 11) is 2.17. The highest BCUT2D eigenvalue weighted by molar-refractivity contribution is 7.98. The number of rotatable bonds is 6. The van der Waals surface area contributed by atoms with Crippen LogP contribution in [0.25, 0.3) is 11.3 Å². The molecule has 0 amide bonds. The Bertz CT molecular complexity index is 1280. The molecule has 2 aromatic carbocycles. The topological polar surface area (TPSA) is 53.5 Å². The molecule has 6 nitrogen and oxygen atoms in total. The van der Waals surface area contributed by atoms with Crippen molar-refractivity contribution >= 4 is 29.1 Å². The van der Waals surface area contributed by atoms with E-state index in [1.807, 2.05) is 19.9 Å². The van der Waals surface area contributed by atoms with E-state index in [2.05, 4.69) is 50.5 Å². The third-order valence-corrected chi connectivity index (χ3v) is 7.99. The number of anilines is 3. The van der Waals surface area contributed by atoms with Crippen molar-refractivity contribution in [2.45, 2.75) is 43.5 Å². The van der Waals surface area contributed by atoms with Crippen molar-refractivity contribution in [2.75, 3.05) is 49.8 Å². The number of halogens is 2. The Morgan fingerprint density at radius 3 is 2.59 bits per heavy atom. The zero-order chi connectivity index (χ0) is 26.1. The van der Waals surface area contributed by atoms with E-state index in [-0.39, 0.29) is 23.4 Å². The highest BCUT2D eigenvalue weighted by atomic mass is 32.2. The van der Waals surface area contributed by atoms with Crippen molar-refractivity contribution in [3.8, 4) is 17.0 Å². The van der Waals surface area contributed by atoms with Crippen LogP contribution in [0.15, 0.2) is 41.4 Å². The van der Waals surface area contributed by atoms with Crippen LogP contribution in [0.2, 0.25) is 0 Å². The molecule has 0 atom stereocenters. The summed E-state index contributed by atoms with van der Waals surface area (Å²) in [4.78, 5) is 14.2. The smallest absolute Gasteiger partial charge is 0.227 e. The van der Waals surface area contributed by atoms with E-state index in [1.165, 1.54) is 16.5 Å². The molecule has 3 aromatic rings. The summed E-state index contributed by atoms with van der Waals surface area (Å²) in [6.07, 6.45) is 5.51. The molecular formula is C28H33F2N5OS. The summed E-state index contributed by atoms with van der Waals surface area (Å²) >= 11 is 1.72. The van der Waals surface area contributed by atoms with Crippen LogP contribution in [0.3, 0.4) is 0 Å². The van der Waals surface area contributed by atoms with Crippen molar-refractivity contribution in [1.82, 2.24) is 14.9 Å². The monoisotopic (exact) mass is 525 g/mol. The predicted molar refractivity (Wildman–Crippen MR) is 146 cm³/mol. The molecule has 2 aliphatic rings. The molecule has 0 aliphatic carbocycles. The largest absolute Gasteiger partial charge is 0.486 e. The van der Waals surface area contributed by atoms with Crippen molar-refractivity contribution < 1.29 is 13.5 Å². The van der Waals surface area contributed by atoms with Crippen molar-refractivity contribution in [3.63, 3.8) is 0 Å². The minimum atomic E-state index is -0.611. The number of fused-ring (bicyclic) bond motifs is 1. The van der Waals surface area contributed by atoms with Gasteiger partial charge in [-0.3, -0.25) is 0 Å². The minimum absolute atomic E-state index is 0.0431. The van der Waals surface area contributed by atoms with Crippen LogP contribution in [0, 0.1) is 11.6 Å². The first kappa shape index (κ1) is 25.7. The van der Waals surface area contributed by atoms with E-state index in [0.29, 0.717) is 30.3 Å². The number of hydrogen-bond acceptors (Lipinski definition) is 7. The first-order chi connectivity index (χ1) is 17.8. The van der Waals surface area contributed by atoms with Crippen molar-refractivity contribution in [3.05, 3.63) is 53.7 Å². The van der Waals surface area contributed by atoms with E-state index < -0.39 is 11.6 Å². The van der Waals surface area contributed by atoms with E-state index in [1.54, 1.807) is 17.8 Å². The summed E-state index contributed by atoms with van der Waals surface area (Å²) in [5.74, 6) is -0.134. The first-order valence-electron chi connectivity index (χ1n) is 12.7. The van der Waals surface area contributed by atoms with Gasteiger partial charge in [-0.15, -0.1) is 11.8 Å². The van der Waals surface area contributed by atoms with Gasteiger partial charge in [0, 0.05) is 22.2 Å². The lowest BCUT2D eigenvalue weighted by atomic mass is 9.89. The van der Waals surface area contributed by atoms with E-state index in [4.69, 9.17) is 4.74 Å². The van der Waals surface area contributed by atoms with Gasteiger partial charge in [0.15, 0.2) is 17.4 Å². The maximum Gasteiger partial charge on any atom is 0.227 e. The van der Waals surface area contributed by atoms with Gasteiger partial charge in [-0.1, -0.05) is 6.07 Å². The summed E-state index contributed by atoms with van der Waals surface area (Å²) < 4.78 is 35.5. The lowest BCUT2D eigenvalue weighted by Crippen LogP contribution is -2.38. The van der Waals surface area contributed by atoms with Gasteiger partial charge in [-0.2, -0.15) is 0 Å². The Morgan fingerprint density at radius 2 is 1.86 bits per heavy atom. The third-order valence-electron chi connectivity index (χ3n) is 7.20. The number of nitrogens with zero attached hydrogens (tertiary/aromatic N) is 4. The lowest BCUT2D eigenvalue weighted by molar-refractivity contribution is 0.254. The Labute approximate surface area is 221 Å². The van der Waals surface area contributed by atoms with Gasteiger partial charge < -0.3 is 19.9 Å². The molecule has 2 aliphatic heterocycles. The third kappa shape index (κ3) is 5.38. The number of ether oxygens (including phenoxy) is 1. The zero-order valence-corrected chi connectivity index (χ0v) is 22.5. The highest BCUT2D eigenvalue weighted by Gasteiger charge is 2.26. The van der Waals surface area contributed by atoms with Gasteiger partial charge in [0.25, 0.3) is 0 Å². The molecule has 3 heterocycles. The molecule has 5 rings (SSSR count). The van der Waals surface area contributed by atoms with Crippen molar-refractivity contribution in [1.29, 1.82) is 0 Å². The second kappa shape index (κ2) is 10.8. The number of piperidine rings is 1. The van der Waals surface area contributed by atoms with Crippen LogP contribution >= 0.6 is 11.8 Å². The van der Waals surface area contributed by atoms with Crippen LogP contribution in [0.1, 0.15) is 38.2 Å². The summed E-state index contributed by atoms with van der Waals surface area (Å²) in [6, 6.07) is 9.47. The predicted octanol–water partition coefficient (Wildman–Crippen LogP) is 6.30. The van der Waals surface area contributed by atoms with E-state index in [9.17, 15) is 8.78 Å². The van der Waals surface area contributed by atoms with Gasteiger partial charge >= 0.3 is 0 Å². The van der Waals surface area contributed by atoms with Gasteiger partial charge in [0.1, 0.15) is 12.3 Å². The maximum atomic E-state index is 15.0. The number of likely N-dealkylation sites (tertiary alicyclic amines) is 1. The van der Waals surface area contributed by atoms with Crippen LogP contribution in [-0.4, -0.2) is 60.5 Å². The quantitative estimate of drug-likeness (QED) is 0.379. The molecule has 0 spiro atoms. The molecule has 0 saturated carbocycles. The second-order valence-corrected chi connectivity index (χ2v) is 10.8. The molecule has 1 N–H and O–H groups in total. The fourth-order valence-corrected chi connectivity index (χ4v) is 5.89. The Morgan fingerprint density at radius 1 is 1.08 bits per heavy atom. The summed E-state index contributed by atoms with van der Waals surface area (Å²) in [5, 5.41) is 3.22. The minimum Gasteiger partial charge on any atom is -0.486 e. The second-order valence-electron chi connectivity index (χ2n) is 9.99. The number of benzene rings is 2. The molecule has 0 bridgehead atoms. The molecular weight excluding hydrogens is 492 g/mol. The van der Waals surface area contributed by atoms with E-state index in [0.717, 1.165) is 37.8 Å². The Balaban J connectivity index is 1.43. The Hall–Kier alpha value is -2.91. The first-order valence-corrected chi connectivity index (χ1v) is 14.0. The van der Waals surface area contributed by atoms with Gasteiger partial charge in [0.2, 0.25) is 5.95 Å². The van der Waals surface area contributed by atoms with E-state index >= 15 is 0 Å². The fourth-order valence-electron chi connectivity index (χ4n) is 5.18. The normalized spacial score (nSPS) is 16.6. The molecule has 0 radical (unpaired) electrons. The molecule has 1 aromatic heterocycles. The Kier molecular flexibility index (Phi) is 7.53. The standard InChI is InChI=1S/C28H33F2N5OS/c1-17(2)35-11-12-36-27-22(29)13-19(14-24(27)35)26-23(30)16-31-28(33-26)32-20-5-6-21(25(15-20)37-4)18-7-9-34(3)10-8-18/h5-6,13-18H,7-12H2,1-4H3,(H,31,32,33). The highest BCUT2D eigenvalue weighted by Crippen LogP contribution is 2.40. The zero-order valence-electron chi connectivity index (χ0n) is 21.7. The molecule has 37 heavy (non-hydrogen) atoms. The molecule has 1 fully saturated rings. The fraction of sp³-hybridized carbons (Fsp3) is 0.429. The molecule has 9 heteroatoms. The number of thioether (sulfide) groups is 1.